The predicted molar refractivity (Wildman–Crippen MR) is 67.2 cm³/mol. The lowest BCUT2D eigenvalue weighted by Crippen LogP contribution is -1.85. The van der Waals surface area contributed by atoms with Crippen LogP contribution in [0.2, 0.25) is 0 Å². The van der Waals surface area contributed by atoms with E-state index in [0.29, 0.717) is 0 Å². The van der Waals surface area contributed by atoms with Gasteiger partial charge in [-0.1, -0.05) is 56.7 Å². The van der Waals surface area contributed by atoms with Crippen molar-refractivity contribution in [2.24, 2.45) is 0 Å². The van der Waals surface area contributed by atoms with E-state index in [1.165, 1.54) is 10.9 Å². The molecule has 66 valence electrons. The number of aromatic nitrogens is 1. The van der Waals surface area contributed by atoms with E-state index in [0.717, 1.165) is 14.4 Å². The van der Waals surface area contributed by atoms with E-state index in [9.17, 15) is 0 Å². The highest BCUT2D eigenvalue weighted by Gasteiger charge is 2.02. The SMILES string of the molecule is Brc1ccnc2c(CI)cccc12. The van der Waals surface area contributed by atoms with Gasteiger partial charge in [-0.3, -0.25) is 4.98 Å². The Bertz CT molecular complexity index is 442. The van der Waals surface area contributed by atoms with Crippen molar-refractivity contribution < 1.29 is 0 Å². The summed E-state index contributed by atoms with van der Waals surface area (Å²) >= 11 is 5.88. The number of alkyl halides is 1. The molecular weight excluding hydrogens is 341 g/mol. The number of para-hydroxylation sites is 1. The Morgan fingerprint density at radius 3 is 2.92 bits per heavy atom. The molecule has 0 saturated heterocycles. The maximum Gasteiger partial charge on any atom is 0.0753 e. The molecule has 0 saturated carbocycles. The van der Waals surface area contributed by atoms with E-state index in [1.807, 2.05) is 12.3 Å². The van der Waals surface area contributed by atoms with Gasteiger partial charge in [-0.05, 0) is 11.6 Å². The number of rotatable bonds is 1. The summed E-state index contributed by atoms with van der Waals surface area (Å²) in [4.78, 5) is 4.38. The lowest BCUT2D eigenvalue weighted by molar-refractivity contribution is 1.35. The summed E-state index contributed by atoms with van der Waals surface area (Å²) in [7, 11) is 0. The average Bonchev–Trinajstić information content (AvgIpc) is 2.18. The van der Waals surface area contributed by atoms with E-state index in [-0.39, 0.29) is 0 Å². The van der Waals surface area contributed by atoms with Gasteiger partial charge in [0.2, 0.25) is 0 Å². The molecule has 0 amide bonds. The van der Waals surface area contributed by atoms with Gasteiger partial charge in [0, 0.05) is 20.5 Å². The fourth-order valence-corrected chi connectivity index (χ4v) is 2.37. The standard InChI is InChI=1S/C10H7BrIN/c11-9-4-5-13-10-7(6-12)2-1-3-8(9)10/h1-5H,6H2. The van der Waals surface area contributed by atoms with Crippen molar-refractivity contribution in [3.05, 3.63) is 40.5 Å². The molecule has 0 unspecified atom stereocenters. The Balaban J connectivity index is 2.84. The lowest BCUT2D eigenvalue weighted by Gasteiger charge is -2.03. The van der Waals surface area contributed by atoms with Gasteiger partial charge < -0.3 is 0 Å². The summed E-state index contributed by atoms with van der Waals surface area (Å²) < 4.78 is 2.11. The molecule has 1 aromatic heterocycles. The van der Waals surface area contributed by atoms with Gasteiger partial charge in [-0.15, -0.1) is 0 Å². The Morgan fingerprint density at radius 2 is 2.15 bits per heavy atom. The van der Waals surface area contributed by atoms with Crippen LogP contribution in [0.4, 0.5) is 0 Å². The largest absolute Gasteiger partial charge is 0.256 e. The Hall–Kier alpha value is -0.160. The third kappa shape index (κ3) is 1.72. The summed E-state index contributed by atoms with van der Waals surface area (Å²) in [6.45, 7) is 0. The van der Waals surface area contributed by atoms with Crippen molar-refractivity contribution >= 4 is 49.4 Å². The van der Waals surface area contributed by atoms with Gasteiger partial charge in [-0.25, -0.2) is 0 Å². The Kier molecular flexibility index (Phi) is 2.83. The van der Waals surface area contributed by atoms with E-state index >= 15 is 0 Å². The van der Waals surface area contributed by atoms with Crippen LogP contribution in [0, 0.1) is 0 Å². The van der Waals surface area contributed by atoms with Crippen molar-refractivity contribution in [2.45, 2.75) is 4.43 Å². The minimum absolute atomic E-state index is 0.999. The van der Waals surface area contributed by atoms with Crippen LogP contribution in [0.15, 0.2) is 34.9 Å². The summed E-state index contributed by atoms with van der Waals surface area (Å²) in [5, 5.41) is 1.19. The van der Waals surface area contributed by atoms with Gasteiger partial charge in [0.05, 0.1) is 5.52 Å². The maximum absolute atomic E-state index is 4.38. The van der Waals surface area contributed by atoms with Gasteiger partial charge in [-0.2, -0.15) is 0 Å². The first kappa shape index (κ1) is 9.40. The molecule has 0 atom stereocenters. The topological polar surface area (TPSA) is 12.9 Å². The normalized spacial score (nSPS) is 10.6. The van der Waals surface area contributed by atoms with Crippen LogP contribution in [0.25, 0.3) is 10.9 Å². The smallest absolute Gasteiger partial charge is 0.0753 e. The Morgan fingerprint density at radius 1 is 1.31 bits per heavy atom. The second-order valence-electron chi connectivity index (χ2n) is 2.74. The molecule has 0 aliphatic carbocycles. The van der Waals surface area contributed by atoms with Crippen molar-refractivity contribution in [3.63, 3.8) is 0 Å². The number of benzene rings is 1. The van der Waals surface area contributed by atoms with Gasteiger partial charge in [0.15, 0.2) is 0 Å². The first-order valence-electron chi connectivity index (χ1n) is 3.91. The molecule has 1 nitrogen and oxygen atoms in total. The molecule has 2 aromatic rings. The molecule has 0 fully saturated rings. The molecule has 1 heterocycles. The predicted octanol–water partition coefficient (Wildman–Crippen LogP) is 3.93. The number of nitrogens with zero attached hydrogens (tertiary/aromatic N) is 1. The Labute approximate surface area is 98.8 Å². The summed E-state index contributed by atoms with van der Waals surface area (Å²) in [5.74, 6) is 0. The highest BCUT2D eigenvalue weighted by molar-refractivity contribution is 14.1. The van der Waals surface area contributed by atoms with Crippen molar-refractivity contribution in [2.75, 3.05) is 0 Å². The van der Waals surface area contributed by atoms with Crippen LogP contribution >= 0.6 is 38.5 Å². The minimum Gasteiger partial charge on any atom is -0.256 e. The van der Waals surface area contributed by atoms with Crippen molar-refractivity contribution in [3.8, 4) is 0 Å². The number of hydrogen-bond donors (Lipinski definition) is 0. The summed E-state index contributed by atoms with van der Waals surface area (Å²) in [6.07, 6.45) is 1.84. The fraction of sp³-hybridized carbons (Fsp3) is 0.100. The third-order valence-corrected chi connectivity index (χ3v) is 3.46. The zero-order valence-electron chi connectivity index (χ0n) is 6.80. The highest BCUT2D eigenvalue weighted by atomic mass is 127. The number of pyridine rings is 1. The highest BCUT2D eigenvalue weighted by Crippen LogP contribution is 2.25. The molecule has 2 rings (SSSR count). The quantitative estimate of drug-likeness (QED) is 0.562. The number of fused-ring (bicyclic) bond motifs is 1. The molecule has 13 heavy (non-hydrogen) atoms. The van der Waals surface area contributed by atoms with Crippen LogP contribution in [-0.2, 0) is 4.43 Å². The summed E-state index contributed by atoms with van der Waals surface area (Å²) in [5.41, 5.74) is 2.39. The zero-order valence-corrected chi connectivity index (χ0v) is 10.5. The van der Waals surface area contributed by atoms with Crippen LogP contribution in [-0.4, -0.2) is 4.98 Å². The summed E-state index contributed by atoms with van der Waals surface area (Å²) in [6, 6.07) is 8.25. The molecule has 3 heteroatoms. The van der Waals surface area contributed by atoms with Crippen LogP contribution in [0.3, 0.4) is 0 Å². The molecule has 0 spiro atoms. The van der Waals surface area contributed by atoms with Gasteiger partial charge >= 0.3 is 0 Å². The molecule has 0 radical (unpaired) electrons. The second-order valence-corrected chi connectivity index (χ2v) is 4.36. The molecule has 1 aromatic carbocycles. The monoisotopic (exact) mass is 347 g/mol. The first-order valence-corrected chi connectivity index (χ1v) is 6.23. The molecular formula is C10H7BrIN. The molecule has 0 N–H and O–H groups in total. The fourth-order valence-electron chi connectivity index (χ4n) is 1.31. The van der Waals surface area contributed by atoms with Gasteiger partial charge in [0.25, 0.3) is 0 Å². The van der Waals surface area contributed by atoms with Crippen LogP contribution < -0.4 is 0 Å². The van der Waals surface area contributed by atoms with E-state index < -0.39 is 0 Å². The molecule has 0 aliphatic heterocycles. The minimum atomic E-state index is 0.999. The first-order chi connectivity index (χ1) is 6.33. The van der Waals surface area contributed by atoms with Gasteiger partial charge in [0.1, 0.15) is 0 Å². The van der Waals surface area contributed by atoms with Crippen molar-refractivity contribution in [1.29, 1.82) is 0 Å². The maximum atomic E-state index is 4.38. The number of halogens is 2. The van der Waals surface area contributed by atoms with E-state index in [4.69, 9.17) is 0 Å². The second kappa shape index (κ2) is 3.92. The average molecular weight is 348 g/mol. The lowest BCUT2D eigenvalue weighted by atomic mass is 10.1. The third-order valence-electron chi connectivity index (χ3n) is 1.95. The molecule has 0 aliphatic rings. The zero-order chi connectivity index (χ0) is 9.26. The van der Waals surface area contributed by atoms with E-state index in [1.54, 1.807) is 0 Å². The molecule has 0 bridgehead atoms. The van der Waals surface area contributed by atoms with Crippen molar-refractivity contribution in [1.82, 2.24) is 4.98 Å². The van der Waals surface area contributed by atoms with E-state index in [2.05, 4.69) is 61.7 Å². The number of hydrogen-bond acceptors (Lipinski definition) is 1. The van der Waals surface area contributed by atoms with Crippen LogP contribution in [0.5, 0.6) is 0 Å². The van der Waals surface area contributed by atoms with Crippen LogP contribution in [0.1, 0.15) is 5.56 Å².